The minimum absolute atomic E-state index is 0.244. The average molecular weight is 372 g/mol. The van der Waals surface area contributed by atoms with Gasteiger partial charge in [0, 0.05) is 19.1 Å². The van der Waals surface area contributed by atoms with E-state index < -0.39 is 0 Å². The fraction of sp³-hybridized carbons (Fsp3) is 0.308. The number of hydrogen-bond acceptors (Lipinski definition) is 2. The van der Waals surface area contributed by atoms with Crippen LogP contribution in [0.25, 0.3) is 0 Å². The smallest absolute Gasteiger partial charge is 0.122 e. The third kappa shape index (κ3) is 4.63. The van der Waals surface area contributed by atoms with Crippen molar-refractivity contribution >= 4 is 0 Å². The van der Waals surface area contributed by atoms with Crippen LogP contribution in [0.3, 0.4) is 0 Å². The van der Waals surface area contributed by atoms with Crippen LogP contribution >= 0.6 is 0 Å². The molecular formula is C26H29NO. The lowest BCUT2D eigenvalue weighted by Gasteiger charge is -2.33. The summed E-state index contributed by atoms with van der Waals surface area (Å²) in [5, 5.41) is 0. The minimum Gasteiger partial charge on any atom is -0.489 e. The molecule has 2 nitrogen and oxygen atoms in total. The second kappa shape index (κ2) is 9.07. The normalized spacial score (nSPS) is 19.1. The molecular weight excluding hydrogens is 342 g/mol. The van der Waals surface area contributed by atoms with Gasteiger partial charge in [-0.25, -0.2) is 0 Å². The molecule has 0 N–H and O–H groups in total. The molecule has 2 atom stereocenters. The molecule has 3 aromatic rings. The van der Waals surface area contributed by atoms with E-state index in [4.69, 9.17) is 4.74 Å². The highest BCUT2D eigenvalue weighted by atomic mass is 16.5. The van der Waals surface area contributed by atoms with E-state index in [-0.39, 0.29) is 6.10 Å². The third-order valence-corrected chi connectivity index (χ3v) is 5.72. The van der Waals surface area contributed by atoms with E-state index in [9.17, 15) is 0 Å². The number of aryl methyl sites for hydroxylation is 1. The Morgan fingerprint density at radius 1 is 0.750 bits per heavy atom. The van der Waals surface area contributed by atoms with Gasteiger partial charge in [-0.15, -0.1) is 0 Å². The van der Waals surface area contributed by atoms with Gasteiger partial charge in [0.2, 0.25) is 0 Å². The minimum atomic E-state index is 0.244. The molecule has 0 heterocycles. The molecule has 2 heteroatoms. The highest BCUT2D eigenvalue weighted by molar-refractivity contribution is 5.32. The fourth-order valence-electron chi connectivity index (χ4n) is 4.24. The van der Waals surface area contributed by atoms with Gasteiger partial charge in [0.05, 0.1) is 0 Å². The van der Waals surface area contributed by atoms with E-state index in [1.807, 2.05) is 0 Å². The Kier molecular flexibility index (Phi) is 6.08. The first-order valence-corrected chi connectivity index (χ1v) is 10.3. The highest BCUT2D eigenvalue weighted by Gasteiger charge is 2.34. The summed E-state index contributed by atoms with van der Waals surface area (Å²) < 4.78 is 6.53. The molecule has 1 aliphatic carbocycles. The molecule has 0 saturated heterocycles. The van der Waals surface area contributed by atoms with Crippen molar-refractivity contribution in [1.82, 2.24) is 4.90 Å². The van der Waals surface area contributed by atoms with Gasteiger partial charge < -0.3 is 4.74 Å². The molecule has 0 aliphatic heterocycles. The zero-order chi connectivity index (χ0) is 19.2. The molecule has 1 saturated carbocycles. The van der Waals surface area contributed by atoms with Crippen molar-refractivity contribution in [3.05, 3.63) is 102 Å². The van der Waals surface area contributed by atoms with Crippen molar-refractivity contribution in [3.63, 3.8) is 0 Å². The topological polar surface area (TPSA) is 12.5 Å². The Morgan fingerprint density at radius 3 is 1.93 bits per heavy atom. The van der Waals surface area contributed by atoms with Gasteiger partial charge in [-0.1, -0.05) is 78.9 Å². The van der Waals surface area contributed by atoms with Crippen LogP contribution in [-0.4, -0.2) is 17.0 Å². The summed E-state index contributed by atoms with van der Waals surface area (Å²) in [6.07, 6.45) is 3.78. The predicted molar refractivity (Wildman–Crippen MR) is 115 cm³/mol. The van der Waals surface area contributed by atoms with E-state index in [0.29, 0.717) is 6.04 Å². The maximum absolute atomic E-state index is 6.53. The summed E-state index contributed by atoms with van der Waals surface area (Å²) in [6.45, 7) is 4.03. The van der Waals surface area contributed by atoms with Gasteiger partial charge in [-0.2, -0.15) is 0 Å². The average Bonchev–Trinajstić information content (AvgIpc) is 3.19. The molecule has 1 aliphatic rings. The number of hydrogen-bond donors (Lipinski definition) is 0. The summed E-state index contributed by atoms with van der Waals surface area (Å²) in [4.78, 5) is 2.61. The van der Waals surface area contributed by atoms with Gasteiger partial charge in [-0.05, 0) is 48.9 Å². The Bertz CT molecular complexity index is 820. The standard InChI is InChI=1S/C26H29NO/c1-21-11-8-9-17-25(21)28-26-18-10-16-24(26)27(19-22-12-4-2-5-13-22)20-23-14-6-3-7-15-23/h2-9,11-15,17,24,26H,10,16,18-20H2,1H3/t24-,26-/m0/s1. The van der Waals surface area contributed by atoms with Gasteiger partial charge >= 0.3 is 0 Å². The third-order valence-electron chi connectivity index (χ3n) is 5.72. The Hall–Kier alpha value is -2.58. The van der Waals surface area contributed by atoms with E-state index in [2.05, 4.69) is 96.8 Å². The number of rotatable bonds is 7. The molecule has 4 rings (SSSR count). The van der Waals surface area contributed by atoms with E-state index in [1.54, 1.807) is 0 Å². The number of ether oxygens (including phenoxy) is 1. The summed E-state index contributed by atoms with van der Waals surface area (Å²) in [5.74, 6) is 1.03. The lowest BCUT2D eigenvalue weighted by atomic mass is 10.1. The van der Waals surface area contributed by atoms with Crippen LogP contribution in [0.5, 0.6) is 5.75 Å². The number of benzene rings is 3. The monoisotopic (exact) mass is 371 g/mol. The molecule has 0 unspecified atom stereocenters. The molecule has 0 spiro atoms. The van der Waals surface area contributed by atoms with Crippen LogP contribution in [-0.2, 0) is 13.1 Å². The molecule has 3 aromatic carbocycles. The van der Waals surface area contributed by atoms with Crippen molar-refractivity contribution in [2.45, 2.75) is 51.4 Å². The quantitative estimate of drug-likeness (QED) is 0.505. The Balaban J connectivity index is 1.56. The summed E-state index contributed by atoms with van der Waals surface area (Å²) >= 11 is 0. The van der Waals surface area contributed by atoms with E-state index in [1.165, 1.54) is 29.5 Å². The fourth-order valence-corrected chi connectivity index (χ4v) is 4.24. The molecule has 28 heavy (non-hydrogen) atoms. The van der Waals surface area contributed by atoms with Crippen LogP contribution in [0.2, 0.25) is 0 Å². The maximum Gasteiger partial charge on any atom is 0.122 e. The summed E-state index contributed by atoms with van der Waals surface area (Å²) in [7, 11) is 0. The molecule has 144 valence electrons. The van der Waals surface area contributed by atoms with Crippen molar-refractivity contribution in [2.24, 2.45) is 0 Å². The van der Waals surface area contributed by atoms with E-state index in [0.717, 1.165) is 25.3 Å². The molecule has 1 fully saturated rings. The molecule has 0 aromatic heterocycles. The zero-order valence-corrected chi connectivity index (χ0v) is 16.6. The number of para-hydroxylation sites is 1. The van der Waals surface area contributed by atoms with Crippen molar-refractivity contribution in [3.8, 4) is 5.75 Å². The van der Waals surface area contributed by atoms with Crippen molar-refractivity contribution < 1.29 is 4.74 Å². The van der Waals surface area contributed by atoms with Crippen LogP contribution in [0.15, 0.2) is 84.9 Å². The van der Waals surface area contributed by atoms with Gasteiger partial charge in [0.15, 0.2) is 0 Å². The molecule has 0 bridgehead atoms. The first-order valence-electron chi connectivity index (χ1n) is 10.3. The maximum atomic E-state index is 6.53. The zero-order valence-electron chi connectivity index (χ0n) is 16.6. The highest BCUT2D eigenvalue weighted by Crippen LogP contribution is 2.31. The van der Waals surface area contributed by atoms with E-state index >= 15 is 0 Å². The van der Waals surface area contributed by atoms with Crippen LogP contribution < -0.4 is 4.74 Å². The molecule has 0 radical (unpaired) electrons. The SMILES string of the molecule is Cc1ccccc1O[C@H]1CCC[C@@H]1N(Cc1ccccc1)Cc1ccccc1. The Labute approximate surface area is 168 Å². The lowest BCUT2D eigenvalue weighted by molar-refractivity contribution is 0.0762. The first-order chi connectivity index (χ1) is 13.8. The van der Waals surface area contributed by atoms with Gasteiger partial charge in [0.25, 0.3) is 0 Å². The van der Waals surface area contributed by atoms with Crippen LogP contribution in [0.4, 0.5) is 0 Å². The van der Waals surface area contributed by atoms with Crippen molar-refractivity contribution in [2.75, 3.05) is 0 Å². The van der Waals surface area contributed by atoms with Gasteiger partial charge in [-0.3, -0.25) is 4.90 Å². The summed E-state index contributed by atoms with van der Waals surface area (Å²) in [5.41, 5.74) is 3.94. The molecule has 0 amide bonds. The van der Waals surface area contributed by atoms with Crippen molar-refractivity contribution in [1.29, 1.82) is 0 Å². The van der Waals surface area contributed by atoms with Gasteiger partial charge in [0.1, 0.15) is 11.9 Å². The predicted octanol–water partition coefficient (Wildman–Crippen LogP) is 6.00. The van der Waals surface area contributed by atoms with Crippen LogP contribution in [0.1, 0.15) is 36.0 Å². The largest absolute Gasteiger partial charge is 0.489 e. The second-order valence-electron chi connectivity index (χ2n) is 7.80. The first kappa shape index (κ1) is 18.8. The van der Waals surface area contributed by atoms with Crippen LogP contribution in [0, 0.1) is 6.92 Å². The lowest BCUT2D eigenvalue weighted by Crippen LogP contribution is -2.42. The summed E-state index contributed by atoms with van der Waals surface area (Å²) in [6, 6.07) is 30.4. The second-order valence-corrected chi connectivity index (χ2v) is 7.80. The number of nitrogens with zero attached hydrogens (tertiary/aromatic N) is 1. The Morgan fingerprint density at radius 2 is 1.32 bits per heavy atom.